The van der Waals surface area contributed by atoms with Gasteiger partial charge >= 0.3 is 0 Å². The number of anilines is 1. The maximum Gasteiger partial charge on any atom is 0.281 e. The quantitative estimate of drug-likeness (QED) is 0.530. The lowest BCUT2D eigenvalue weighted by Crippen LogP contribution is -2.48. The Kier molecular flexibility index (Phi) is 4.96. The lowest BCUT2D eigenvalue weighted by molar-refractivity contribution is 0.0906. The Bertz CT molecular complexity index is 854. The number of aromatic nitrogens is 4. The number of hydrogen-bond donors (Lipinski definition) is 2. The van der Waals surface area contributed by atoms with Crippen LogP contribution in [0.2, 0.25) is 0 Å². The molecular weight excluding hydrogens is 340 g/mol. The van der Waals surface area contributed by atoms with Crippen molar-refractivity contribution in [2.75, 3.05) is 5.01 Å². The number of nitrogens with one attached hydrogen (secondary N) is 1. The van der Waals surface area contributed by atoms with Crippen LogP contribution in [-0.2, 0) is 0 Å². The molecule has 0 spiro atoms. The number of thiazole rings is 1. The first-order valence-electron chi connectivity index (χ1n) is 7.49. The van der Waals surface area contributed by atoms with Crippen LogP contribution in [0.4, 0.5) is 5.95 Å². The highest BCUT2D eigenvalue weighted by molar-refractivity contribution is 7.17. The SMILES string of the molecule is Cc1nc(-c2cccnc2)sc1C(=O)NN(c1ncccn1)C(C)O. The van der Waals surface area contributed by atoms with E-state index in [1.54, 1.807) is 25.4 Å². The summed E-state index contributed by atoms with van der Waals surface area (Å²) in [5, 5.41) is 11.8. The van der Waals surface area contributed by atoms with E-state index in [0.717, 1.165) is 5.56 Å². The molecule has 0 aliphatic carbocycles. The lowest BCUT2D eigenvalue weighted by atomic mass is 10.3. The fourth-order valence-electron chi connectivity index (χ4n) is 2.11. The minimum Gasteiger partial charge on any atom is -0.372 e. The Morgan fingerprint density at radius 3 is 2.68 bits per heavy atom. The first kappa shape index (κ1) is 16.9. The van der Waals surface area contributed by atoms with Crippen LogP contribution < -0.4 is 10.4 Å². The van der Waals surface area contributed by atoms with E-state index in [-0.39, 0.29) is 5.95 Å². The molecule has 8 nitrogen and oxygen atoms in total. The molecule has 3 aromatic rings. The molecule has 2 N–H and O–H groups in total. The van der Waals surface area contributed by atoms with Crippen LogP contribution in [0, 0.1) is 6.92 Å². The molecule has 0 fully saturated rings. The summed E-state index contributed by atoms with van der Waals surface area (Å²) in [5.41, 5.74) is 4.07. The van der Waals surface area contributed by atoms with Gasteiger partial charge in [-0.15, -0.1) is 11.3 Å². The van der Waals surface area contributed by atoms with Crippen molar-refractivity contribution in [2.24, 2.45) is 0 Å². The third kappa shape index (κ3) is 3.78. The molecule has 1 amide bonds. The predicted octanol–water partition coefficient (Wildman–Crippen LogP) is 1.79. The molecule has 0 saturated carbocycles. The van der Waals surface area contributed by atoms with Crippen molar-refractivity contribution in [3.05, 3.63) is 53.6 Å². The molecule has 128 valence electrons. The van der Waals surface area contributed by atoms with E-state index in [2.05, 4.69) is 25.4 Å². The number of nitrogens with zero attached hydrogens (tertiary/aromatic N) is 5. The Labute approximate surface area is 148 Å². The Morgan fingerprint density at radius 2 is 2.04 bits per heavy atom. The van der Waals surface area contributed by atoms with Gasteiger partial charge in [0.05, 0.1) is 5.69 Å². The highest BCUT2D eigenvalue weighted by Gasteiger charge is 2.22. The number of carbonyl (C=O) groups excluding carboxylic acids is 1. The smallest absolute Gasteiger partial charge is 0.281 e. The monoisotopic (exact) mass is 356 g/mol. The number of aryl methyl sites for hydroxylation is 1. The molecule has 0 radical (unpaired) electrons. The molecule has 0 aromatic carbocycles. The van der Waals surface area contributed by atoms with E-state index in [1.165, 1.54) is 35.7 Å². The number of hydrogen-bond acceptors (Lipinski definition) is 8. The van der Waals surface area contributed by atoms with Crippen LogP contribution in [0.3, 0.4) is 0 Å². The molecule has 1 unspecified atom stereocenters. The van der Waals surface area contributed by atoms with E-state index in [4.69, 9.17) is 0 Å². The summed E-state index contributed by atoms with van der Waals surface area (Å²) in [7, 11) is 0. The molecule has 3 aromatic heterocycles. The standard InChI is InChI=1S/C16H16N6O2S/c1-10-13(25-15(20-10)12-5-3-6-17-9-12)14(24)21-22(11(2)23)16-18-7-4-8-19-16/h3-9,11,23H,1-2H3,(H,21,24). The average molecular weight is 356 g/mol. The van der Waals surface area contributed by atoms with E-state index < -0.39 is 12.1 Å². The zero-order valence-electron chi connectivity index (χ0n) is 13.6. The lowest BCUT2D eigenvalue weighted by Gasteiger charge is -2.25. The molecule has 0 saturated heterocycles. The normalized spacial score (nSPS) is 11.8. The number of rotatable bonds is 5. The van der Waals surface area contributed by atoms with Gasteiger partial charge in [-0.25, -0.2) is 20.0 Å². The van der Waals surface area contributed by atoms with Crippen molar-refractivity contribution in [1.29, 1.82) is 0 Å². The summed E-state index contributed by atoms with van der Waals surface area (Å²) in [6.45, 7) is 3.27. The van der Waals surface area contributed by atoms with Crippen molar-refractivity contribution in [2.45, 2.75) is 20.1 Å². The van der Waals surface area contributed by atoms with Crippen molar-refractivity contribution < 1.29 is 9.90 Å². The minimum absolute atomic E-state index is 0.195. The van der Waals surface area contributed by atoms with Crippen LogP contribution in [0.1, 0.15) is 22.3 Å². The van der Waals surface area contributed by atoms with Gasteiger partial charge in [0.1, 0.15) is 16.1 Å². The van der Waals surface area contributed by atoms with Crippen LogP contribution >= 0.6 is 11.3 Å². The Hall–Kier alpha value is -2.91. The molecule has 3 heterocycles. The fraction of sp³-hybridized carbons (Fsp3) is 0.188. The summed E-state index contributed by atoms with van der Waals surface area (Å²) in [4.78, 5) is 29.7. The fourth-order valence-corrected chi connectivity index (χ4v) is 3.05. The topological polar surface area (TPSA) is 104 Å². The largest absolute Gasteiger partial charge is 0.372 e. The second-order valence-electron chi connectivity index (χ2n) is 5.17. The molecule has 0 bridgehead atoms. The van der Waals surface area contributed by atoms with Crippen LogP contribution in [0.5, 0.6) is 0 Å². The third-order valence-electron chi connectivity index (χ3n) is 3.27. The zero-order chi connectivity index (χ0) is 17.8. The molecule has 9 heteroatoms. The Morgan fingerprint density at radius 1 is 1.28 bits per heavy atom. The molecular formula is C16H16N6O2S. The number of aliphatic hydroxyl groups is 1. The number of aliphatic hydroxyl groups excluding tert-OH is 1. The van der Waals surface area contributed by atoms with Gasteiger partial charge < -0.3 is 5.11 Å². The van der Waals surface area contributed by atoms with Gasteiger partial charge in [-0.3, -0.25) is 15.2 Å². The first-order chi connectivity index (χ1) is 12.1. The number of hydrazine groups is 1. The molecule has 0 aliphatic heterocycles. The second-order valence-corrected chi connectivity index (χ2v) is 6.17. The zero-order valence-corrected chi connectivity index (χ0v) is 14.4. The summed E-state index contributed by atoms with van der Waals surface area (Å²) in [5.74, 6) is -0.195. The van der Waals surface area contributed by atoms with Gasteiger partial charge in [0.2, 0.25) is 5.95 Å². The summed E-state index contributed by atoms with van der Waals surface area (Å²) >= 11 is 1.26. The Balaban J connectivity index is 1.84. The summed E-state index contributed by atoms with van der Waals surface area (Å²) in [6.07, 6.45) is 5.43. The van der Waals surface area contributed by atoms with E-state index in [0.29, 0.717) is 15.6 Å². The average Bonchev–Trinajstić information content (AvgIpc) is 3.02. The van der Waals surface area contributed by atoms with Crippen molar-refractivity contribution in [3.8, 4) is 10.6 Å². The third-order valence-corrected chi connectivity index (χ3v) is 4.48. The second kappa shape index (κ2) is 7.32. The highest BCUT2D eigenvalue weighted by atomic mass is 32.1. The predicted molar refractivity (Wildman–Crippen MR) is 93.7 cm³/mol. The van der Waals surface area contributed by atoms with Gasteiger partial charge in [0.25, 0.3) is 5.91 Å². The molecule has 1 atom stereocenters. The van der Waals surface area contributed by atoms with Crippen molar-refractivity contribution in [3.63, 3.8) is 0 Å². The van der Waals surface area contributed by atoms with E-state index >= 15 is 0 Å². The van der Waals surface area contributed by atoms with Gasteiger partial charge in [0.15, 0.2) is 0 Å². The highest BCUT2D eigenvalue weighted by Crippen LogP contribution is 2.27. The van der Waals surface area contributed by atoms with Crippen LogP contribution in [-0.4, -0.2) is 37.2 Å². The number of carbonyl (C=O) groups is 1. The molecule has 0 aliphatic rings. The maximum absolute atomic E-state index is 12.6. The number of amides is 1. The summed E-state index contributed by atoms with van der Waals surface area (Å²) in [6, 6.07) is 5.35. The first-order valence-corrected chi connectivity index (χ1v) is 8.31. The van der Waals surface area contributed by atoms with Crippen LogP contribution in [0.15, 0.2) is 43.0 Å². The minimum atomic E-state index is -1.00. The summed E-state index contributed by atoms with van der Waals surface area (Å²) < 4.78 is 0. The van der Waals surface area contributed by atoms with E-state index in [1.807, 2.05) is 12.1 Å². The van der Waals surface area contributed by atoms with Crippen molar-refractivity contribution >= 4 is 23.2 Å². The number of pyridine rings is 1. The van der Waals surface area contributed by atoms with Gasteiger partial charge in [-0.1, -0.05) is 0 Å². The van der Waals surface area contributed by atoms with E-state index in [9.17, 15) is 9.90 Å². The van der Waals surface area contributed by atoms with Crippen LogP contribution in [0.25, 0.3) is 10.6 Å². The van der Waals surface area contributed by atoms with Gasteiger partial charge in [-0.05, 0) is 32.0 Å². The van der Waals surface area contributed by atoms with Gasteiger partial charge in [0, 0.05) is 30.4 Å². The maximum atomic E-state index is 12.6. The van der Waals surface area contributed by atoms with Crippen molar-refractivity contribution in [1.82, 2.24) is 25.4 Å². The molecule has 3 rings (SSSR count). The van der Waals surface area contributed by atoms with Gasteiger partial charge in [-0.2, -0.15) is 0 Å². The molecule has 25 heavy (non-hydrogen) atoms.